The van der Waals surface area contributed by atoms with Crippen molar-refractivity contribution in [1.82, 2.24) is 0 Å². The lowest BCUT2D eigenvalue weighted by molar-refractivity contribution is -0.121. The molecule has 0 saturated heterocycles. The summed E-state index contributed by atoms with van der Waals surface area (Å²) >= 11 is 0. The van der Waals surface area contributed by atoms with Crippen LogP contribution in [0.25, 0.3) is 0 Å². The van der Waals surface area contributed by atoms with E-state index in [0.717, 1.165) is 19.3 Å². The molecule has 3 nitrogen and oxygen atoms in total. The van der Waals surface area contributed by atoms with Crippen LogP contribution in [-0.2, 0) is 4.79 Å². The van der Waals surface area contributed by atoms with Crippen LogP contribution in [0.1, 0.15) is 46.5 Å². The van der Waals surface area contributed by atoms with E-state index in [-0.39, 0.29) is 17.4 Å². The highest BCUT2D eigenvalue weighted by molar-refractivity contribution is 5.84. The fourth-order valence-corrected chi connectivity index (χ4v) is 1.33. The van der Waals surface area contributed by atoms with Crippen molar-refractivity contribution in [3.63, 3.8) is 0 Å². The van der Waals surface area contributed by atoms with Gasteiger partial charge in [-0.25, -0.2) is 0 Å². The predicted molar refractivity (Wildman–Crippen MR) is 51.9 cm³/mol. The summed E-state index contributed by atoms with van der Waals surface area (Å²) in [4.78, 5) is 11.4. The average molecular weight is 182 g/mol. The van der Waals surface area contributed by atoms with E-state index in [1.165, 1.54) is 0 Å². The Balaban J connectivity index is 2.52. The van der Waals surface area contributed by atoms with E-state index in [2.05, 4.69) is 10.2 Å². The lowest BCUT2D eigenvalue weighted by atomic mass is 9.95. The molecular weight excluding hydrogens is 164 g/mol. The third-order valence-electron chi connectivity index (χ3n) is 2.02. The minimum absolute atomic E-state index is 0.145. The van der Waals surface area contributed by atoms with Crippen LogP contribution in [0.4, 0.5) is 0 Å². The molecular formula is C10H18N2O. The Morgan fingerprint density at radius 1 is 1.31 bits per heavy atom. The van der Waals surface area contributed by atoms with Crippen molar-refractivity contribution in [2.24, 2.45) is 10.2 Å². The summed E-state index contributed by atoms with van der Waals surface area (Å²) in [5.41, 5.74) is -0.155. The van der Waals surface area contributed by atoms with E-state index >= 15 is 0 Å². The van der Waals surface area contributed by atoms with Gasteiger partial charge in [0.05, 0.1) is 5.54 Å². The number of nitrogens with zero attached hydrogens (tertiary/aromatic N) is 2. The van der Waals surface area contributed by atoms with Crippen LogP contribution in [0, 0.1) is 0 Å². The molecule has 1 fully saturated rings. The number of hydrogen-bond donors (Lipinski definition) is 0. The normalized spacial score (nSPS) is 25.5. The van der Waals surface area contributed by atoms with Crippen molar-refractivity contribution < 1.29 is 4.79 Å². The van der Waals surface area contributed by atoms with Crippen LogP contribution >= 0.6 is 0 Å². The number of carbonyl (C=O) groups excluding carboxylic acids is 1. The van der Waals surface area contributed by atoms with Gasteiger partial charge < -0.3 is 0 Å². The lowest BCUT2D eigenvalue weighted by Gasteiger charge is -2.17. The summed E-state index contributed by atoms with van der Waals surface area (Å²) in [6.45, 7) is 5.97. The standard InChI is InChI=1S/C10H18N2O/c1-10(2,3)12-11-8-6-4-5-7-9(8)13/h8H,4-7H2,1-3H3. The molecule has 1 rings (SSSR count). The molecule has 0 aliphatic heterocycles. The molecule has 1 aliphatic rings. The van der Waals surface area contributed by atoms with Crippen LogP contribution in [0.2, 0.25) is 0 Å². The third kappa shape index (κ3) is 3.66. The highest BCUT2D eigenvalue weighted by Gasteiger charge is 2.22. The molecule has 0 radical (unpaired) electrons. The third-order valence-corrected chi connectivity index (χ3v) is 2.02. The maximum absolute atomic E-state index is 11.4. The Morgan fingerprint density at radius 3 is 2.54 bits per heavy atom. The van der Waals surface area contributed by atoms with Crippen LogP contribution in [-0.4, -0.2) is 17.4 Å². The average Bonchev–Trinajstić information content (AvgIpc) is 2.01. The van der Waals surface area contributed by atoms with Gasteiger partial charge in [0.25, 0.3) is 0 Å². The van der Waals surface area contributed by atoms with Gasteiger partial charge in [-0.3, -0.25) is 4.79 Å². The van der Waals surface area contributed by atoms with Gasteiger partial charge in [0.1, 0.15) is 6.04 Å². The maximum atomic E-state index is 11.4. The quantitative estimate of drug-likeness (QED) is 0.575. The molecule has 0 spiro atoms. The minimum Gasteiger partial charge on any atom is -0.297 e. The van der Waals surface area contributed by atoms with Gasteiger partial charge >= 0.3 is 0 Å². The zero-order chi connectivity index (χ0) is 9.90. The molecule has 0 aromatic rings. The zero-order valence-corrected chi connectivity index (χ0v) is 8.71. The molecule has 1 atom stereocenters. The maximum Gasteiger partial charge on any atom is 0.159 e. The van der Waals surface area contributed by atoms with Crippen molar-refractivity contribution in [3.05, 3.63) is 0 Å². The summed E-state index contributed by atoms with van der Waals surface area (Å²) in [6, 6.07) is -0.145. The topological polar surface area (TPSA) is 41.8 Å². The molecule has 0 heterocycles. The molecule has 0 aromatic heterocycles. The van der Waals surface area contributed by atoms with E-state index in [9.17, 15) is 4.79 Å². The monoisotopic (exact) mass is 182 g/mol. The molecule has 3 heteroatoms. The van der Waals surface area contributed by atoms with Crippen LogP contribution in [0.15, 0.2) is 10.2 Å². The predicted octanol–water partition coefficient (Wildman–Crippen LogP) is 2.75. The van der Waals surface area contributed by atoms with Crippen molar-refractivity contribution >= 4 is 5.78 Å². The Labute approximate surface area is 79.6 Å². The second-order valence-corrected chi connectivity index (χ2v) is 4.61. The fourth-order valence-electron chi connectivity index (χ4n) is 1.33. The first-order valence-electron chi connectivity index (χ1n) is 4.94. The highest BCUT2D eigenvalue weighted by Crippen LogP contribution is 2.19. The summed E-state index contributed by atoms with van der Waals surface area (Å²) < 4.78 is 0. The van der Waals surface area contributed by atoms with Gasteiger partial charge in [-0.15, -0.1) is 0 Å². The van der Waals surface area contributed by atoms with Gasteiger partial charge in [-0.05, 0) is 33.6 Å². The lowest BCUT2D eigenvalue weighted by Crippen LogP contribution is -2.23. The van der Waals surface area contributed by atoms with E-state index in [1.807, 2.05) is 20.8 Å². The Bertz CT molecular complexity index is 215. The molecule has 74 valence electrons. The second-order valence-electron chi connectivity index (χ2n) is 4.61. The first kappa shape index (κ1) is 10.4. The van der Waals surface area contributed by atoms with Crippen LogP contribution in [0.5, 0.6) is 0 Å². The van der Waals surface area contributed by atoms with Gasteiger partial charge in [-0.2, -0.15) is 10.2 Å². The van der Waals surface area contributed by atoms with Gasteiger partial charge in [-0.1, -0.05) is 6.42 Å². The van der Waals surface area contributed by atoms with Gasteiger partial charge in [0, 0.05) is 6.42 Å². The first-order valence-corrected chi connectivity index (χ1v) is 4.94. The number of rotatable bonds is 1. The summed E-state index contributed by atoms with van der Waals surface area (Å²) in [6.07, 6.45) is 3.71. The number of azo groups is 1. The summed E-state index contributed by atoms with van der Waals surface area (Å²) in [5.74, 6) is 0.263. The number of ketones is 1. The van der Waals surface area contributed by atoms with E-state index in [4.69, 9.17) is 0 Å². The molecule has 0 bridgehead atoms. The minimum atomic E-state index is -0.155. The Hall–Kier alpha value is -0.730. The summed E-state index contributed by atoms with van der Waals surface area (Å²) in [7, 11) is 0. The van der Waals surface area contributed by atoms with Crippen molar-refractivity contribution in [3.8, 4) is 0 Å². The Kier molecular flexibility index (Phi) is 3.17. The second kappa shape index (κ2) is 3.99. The molecule has 1 unspecified atom stereocenters. The van der Waals surface area contributed by atoms with E-state index in [1.54, 1.807) is 0 Å². The molecule has 1 aliphatic carbocycles. The molecule has 0 N–H and O–H groups in total. The fraction of sp³-hybridized carbons (Fsp3) is 0.900. The SMILES string of the molecule is CC(C)(C)N=NC1CCCCC1=O. The van der Waals surface area contributed by atoms with Crippen LogP contribution < -0.4 is 0 Å². The van der Waals surface area contributed by atoms with Crippen molar-refractivity contribution in [2.75, 3.05) is 0 Å². The first-order chi connectivity index (χ1) is 5.99. The van der Waals surface area contributed by atoms with E-state index < -0.39 is 0 Å². The largest absolute Gasteiger partial charge is 0.297 e. The summed E-state index contributed by atoms with van der Waals surface area (Å²) in [5, 5.41) is 8.25. The Morgan fingerprint density at radius 2 is 2.00 bits per heavy atom. The van der Waals surface area contributed by atoms with Gasteiger partial charge in [0.2, 0.25) is 0 Å². The molecule has 1 saturated carbocycles. The molecule has 0 amide bonds. The van der Waals surface area contributed by atoms with Crippen molar-refractivity contribution in [1.29, 1.82) is 0 Å². The van der Waals surface area contributed by atoms with Gasteiger partial charge in [0.15, 0.2) is 5.78 Å². The molecule has 0 aromatic carbocycles. The zero-order valence-electron chi connectivity index (χ0n) is 8.71. The highest BCUT2D eigenvalue weighted by atomic mass is 16.1. The van der Waals surface area contributed by atoms with Crippen molar-refractivity contribution in [2.45, 2.75) is 58.0 Å². The smallest absolute Gasteiger partial charge is 0.159 e. The molecule has 13 heavy (non-hydrogen) atoms. The van der Waals surface area contributed by atoms with E-state index in [0.29, 0.717) is 6.42 Å². The van der Waals surface area contributed by atoms with Crippen LogP contribution in [0.3, 0.4) is 0 Å². The number of hydrogen-bond acceptors (Lipinski definition) is 3. The number of carbonyl (C=O) groups is 1. The number of Topliss-reactive ketones (excluding diaryl/α,β-unsaturated/α-hetero) is 1.